The third-order valence-electron chi connectivity index (χ3n) is 3.28. The smallest absolute Gasteiger partial charge is 0.256 e. The van der Waals surface area contributed by atoms with Crippen LogP contribution in [0.15, 0.2) is 42.5 Å². The number of carbonyl (C=O) groups excluding carboxylic acids is 1. The molecule has 3 N–H and O–H groups in total. The van der Waals surface area contributed by atoms with Gasteiger partial charge in [0.25, 0.3) is 5.91 Å². The molecule has 0 saturated heterocycles. The standard InChI is InChI=1S/C17H20N2O2/c1-12-7-8-15(16(11-12)21-2)19-17(20)14-6-4-3-5-13(14)9-10-18/h3-8,11H,9-10,18H2,1-2H3,(H,19,20). The van der Waals surface area contributed by atoms with Gasteiger partial charge in [-0.3, -0.25) is 4.79 Å². The van der Waals surface area contributed by atoms with E-state index in [9.17, 15) is 4.79 Å². The van der Waals surface area contributed by atoms with Crippen molar-refractivity contribution < 1.29 is 9.53 Å². The Kier molecular flexibility index (Phi) is 4.95. The van der Waals surface area contributed by atoms with Crippen LogP contribution in [0.3, 0.4) is 0 Å². The van der Waals surface area contributed by atoms with Gasteiger partial charge in [-0.15, -0.1) is 0 Å². The molecule has 0 aliphatic carbocycles. The number of benzene rings is 2. The van der Waals surface area contributed by atoms with E-state index in [4.69, 9.17) is 10.5 Å². The summed E-state index contributed by atoms with van der Waals surface area (Å²) >= 11 is 0. The van der Waals surface area contributed by atoms with Gasteiger partial charge in [-0.25, -0.2) is 0 Å². The molecule has 0 unspecified atom stereocenters. The largest absolute Gasteiger partial charge is 0.495 e. The molecule has 4 nitrogen and oxygen atoms in total. The molecule has 2 rings (SSSR count). The van der Waals surface area contributed by atoms with E-state index in [1.54, 1.807) is 13.2 Å². The summed E-state index contributed by atoms with van der Waals surface area (Å²) in [5, 5.41) is 2.90. The number of ether oxygens (including phenoxy) is 1. The van der Waals surface area contributed by atoms with Crippen molar-refractivity contribution >= 4 is 11.6 Å². The molecule has 21 heavy (non-hydrogen) atoms. The predicted octanol–water partition coefficient (Wildman–Crippen LogP) is 2.76. The van der Waals surface area contributed by atoms with Crippen LogP contribution >= 0.6 is 0 Å². The van der Waals surface area contributed by atoms with Crippen molar-refractivity contribution in [2.24, 2.45) is 5.73 Å². The molecule has 2 aromatic rings. The van der Waals surface area contributed by atoms with Crippen molar-refractivity contribution in [1.82, 2.24) is 0 Å². The van der Waals surface area contributed by atoms with Gasteiger partial charge in [-0.1, -0.05) is 24.3 Å². The summed E-state index contributed by atoms with van der Waals surface area (Å²) in [6.07, 6.45) is 0.675. The van der Waals surface area contributed by atoms with Gasteiger partial charge >= 0.3 is 0 Å². The number of carbonyl (C=O) groups is 1. The number of nitrogens with two attached hydrogens (primary N) is 1. The van der Waals surface area contributed by atoms with Gasteiger partial charge in [0.1, 0.15) is 5.75 Å². The highest BCUT2D eigenvalue weighted by Gasteiger charge is 2.13. The minimum Gasteiger partial charge on any atom is -0.495 e. The van der Waals surface area contributed by atoms with Gasteiger partial charge in [0.2, 0.25) is 0 Å². The summed E-state index contributed by atoms with van der Waals surface area (Å²) in [5.41, 5.74) is 8.92. The van der Waals surface area contributed by atoms with Crippen LogP contribution in [0.25, 0.3) is 0 Å². The maximum absolute atomic E-state index is 12.5. The topological polar surface area (TPSA) is 64.3 Å². The number of rotatable bonds is 5. The number of amides is 1. The second kappa shape index (κ2) is 6.90. The van der Waals surface area contributed by atoms with Crippen molar-refractivity contribution in [1.29, 1.82) is 0 Å². The summed E-state index contributed by atoms with van der Waals surface area (Å²) in [4.78, 5) is 12.5. The summed E-state index contributed by atoms with van der Waals surface area (Å²) in [7, 11) is 1.59. The van der Waals surface area contributed by atoms with E-state index in [1.807, 2.05) is 43.3 Å². The average molecular weight is 284 g/mol. The fourth-order valence-corrected chi connectivity index (χ4v) is 2.21. The van der Waals surface area contributed by atoms with Crippen molar-refractivity contribution in [3.8, 4) is 5.75 Å². The normalized spacial score (nSPS) is 10.2. The van der Waals surface area contributed by atoms with Crippen molar-refractivity contribution in [2.75, 3.05) is 19.0 Å². The predicted molar refractivity (Wildman–Crippen MR) is 84.9 cm³/mol. The van der Waals surface area contributed by atoms with Gasteiger partial charge in [0.15, 0.2) is 0 Å². The van der Waals surface area contributed by atoms with Crippen LogP contribution in [0.2, 0.25) is 0 Å². The SMILES string of the molecule is COc1cc(C)ccc1NC(=O)c1ccccc1CCN. The van der Waals surface area contributed by atoms with Gasteiger partial charge < -0.3 is 15.8 Å². The van der Waals surface area contributed by atoms with E-state index >= 15 is 0 Å². The second-order valence-corrected chi connectivity index (χ2v) is 4.85. The van der Waals surface area contributed by atoms with E-state index < -0.39 is 0 Å². The Hall–Kier alpha value is -2.33. The molecular weight excluding hydrogens is 264 g/mol. The Labute approximate surface area is 124 Å². The summed E-state index contributed by atoms with van der Waals surface area (Å²) in [5.74, 6) is 0.501. The Bertz CT molecular complexity index is 638. The molecule has 0 aliphatic heterocycles. The Morgan fingerprint density at radius 1 is 1.24 bits per heavy atom. The number of aryl methyl sites for hydroxylation is 1. The fourth-order valence-electron chi connectivity index (χ4n) is 2.21. The number of hydrogen-bond donors (Lipinski definition) is 2. The average Bonchev–Trinajstić information content (AvgIpc) is 2.49. The minimum atomic E-state index is -0.152. The first kappa shape index (κ1) is 15.1. The van der Waals surface area contributed by atoms with Crippen LogP contribution < -0.4 is 15.8 Å². The van der Waals surface area contributed by atoms with Crippen molar-refractivity contribution in [3.63, 3.8) is 0 Å². The first-order valence-corrected chi connectivity index (χ1v) is 6.89. The van der Waals surface area contributed by atoms with E-state index in [2.05, 4.69) is 5.32 Å². The molecule has 2 aromatic carbocycles. The summed E-state index contributed by atoms with van der Waals surface area (Å²) < 4.78 is 5.31. The first-order valence-electron chi connectivity index (χ1n) is 6.89. The van der Waals surface area contributed by atoms with Gasteiger partial charge in [0, 0.05) is 5.56 Å². The van der Waals surface area contributed by atoms with E-state index in [-0.39, 0.29) is 5.91 Å². The monoisotopic (exact) mass is 284 g/mol. The molecule has 0 atom stereocenters. The molecule has 0 aliphatic rings. The molecule has 0 heterocycles. The zero-order chi connectivity index (χ0) is 15.2. The lowest BCUT2D eigenvalue weighted by Gasteiger charge is -2.13. The number of anilines is 1. The van der Waals surface area contributed by atoms with Crippen LogP contribution in [0.1, 0.15) is 21.5 Å². The van der Waals surface area contributed by atoms with Gasteiger partial charge in [-0.05, 0) is 49.2 Å². The van der Waals surface area contributed by atoms with Crippen molar-refractivity contribution in [3.05, 3.63) is 59.2 Å². The summed E-state index contributed by atoms with van der Waals surface area (Å²) in [6, 6.07) is 13.2. The molecule has 0 bridgehead atoms. The quantitative estimate of drug-likeness (QED) is 0.887. The van der Waals surface area contributed by atoms with Gasteiger partial charge in [0.05, 0.1) is 12.8 Å². The fraction of sp³-hybridized carbons (Fsp3) is 0.235. The second-order valence-electron chi connectivity index (χ2n) is 4.85. The molecule has 0 radical (unpaired) electrons. The maximum atomic E-state index is 12.5. The molecule has 0 saturated carbocycles. The zero-order valence-corrected chi connectivity index (χ0v) is 12.3. The van der Waals surface area contributed by atoms with E-state index in [0.29, 0.717) is 30.0 Å². The molecule has 0 spiro atoms. The number of nitrogens with one attached hydrogen (secondary N) is 1. The Balaban J connectivity index is 2.26. The highest BCUT2D eigenvalue weighted by atomic mass is 16.5. The lowest BCUT2D eigenvalue weighted by molar-refractivity contribution is 0.102. The highest BCUT2D eigenvalue weighted by Crippen LogP contribution is 2.26. The zero-order valence-electron chi connectivity index (χ0n) is 12.3. The van der Waals surface area contributed by atoms with Crippen LogP contribution in [0.4, 0.5) is 5.69 Å². The lowest BCUT2D eigenvalue weighted by Crippen LogP contribution is -2.16. The number of hydrogen-bond acceptors (Lipinski definition) is 3. The number of methoxy groups -OCH3 is 1. The van der Waals surface area contributed by atoms with E-state index in [1.165, 1.54) is 0 Å². The van der Waals surface area contributed by atoms with Crippen LogP contribution in [0.5, 0.6) is 5.75 Å². The lowest BCUT2D eigenvalue weighted by atomic mass is 10.0. The van der Waals surface area contributed by atoms with Crippen molar-refractivity contribution in [2.45, 2.75) is 13.3 Å². The molecule has 0 fully saturated rings. The molecular formula is C17H20N2O2. The third-order valence-corrected chi connectivity index (χ3v) is 3.28. The molecule has 110 valence electrons. The highest BCUT2D eigenvalue weighted by molar-refractivity contribution is 6.06. The third kappa shape index (κ3) is 3.61. The minimum absolute atomic E-state index is 0.152. The van der Waals surface area contributed by atoms with E-state index in [0.717, 1.165) is 11.1 Å². The van der Waals surface area contributed by atoms with Crippen LogP contribution in [-0.4, -0.2) is 19.6 Å². The Morgan fingerprint density at radius 2 is 2.00 bits per heavy atom. The molecule has 1 amide bonds. The molecule has 4 heteroatoms. The summed E-state index contributed by atoms with van der Waals surface area (Å²) in [6.45, 7) is 2.49. The van der Waals surface area contributed by atoms with Gasteiger partial charge in [-0.2, -0.15) is 0 Å². The van der Waals surface area contributed by atoms with Crippen LogP contribution in [0, 0.1) is 6.92 Å². The molecule has 0 aromatic heterocycles. The van der Waals surface area contributed by atoms with Crippen LogP contribution in [-0.2, 0) is 6.42 Å². The maximum Gasteiger partial charge on any atom is 0.256 e. The Morgan fingerprint density at radius 3 is 2.71 bits per heavy atom. The first-order chi connectivity index (χ1) is 10.2.